The van der Waals surface area contributed by atoms with Gasteiger partial charge in [0, 0.05) is 18.7 Å². The largest absolute Gasteiger partial charge is 0.508 e. The van der Waals surface area contributed by atoms with Gasteiger partial charge < -0.3 is 10.4 Å². The van der Waals surface area contributed by atoms with Crippen LogP contribution in [0.1, 0.15) is 25.1 Å². The van der Waals surface area contributed by atoms with Gasteiger partial charge in [0.1, 0.15) is 11.4 Å². The van der Waals surface area contributed by atoms with Crippen molar-refractivity contribution in [3.63, 3.8) is 0 Å². The summed E-state index contributed by atoms with van der Waals surface area (Å²) in [6.45, 7) is 4.16. The molecule has 0 saturated heterocycles. The molecular formula is C15H20N4O2. The molecule has 0 spiro atoms. The van der Waals surface area contributed by atoms with Crippen molar-refractivity contribution in [2.75, 3.05) is 0 Å². The van der Waals surface area contributed by atoms with Gasteiger partial charge in [-0.15, -0.1) is 5.10 Å². The molecule has 0 fully saturated rings. The molecule has 0 saturated carbocycles. The highest BCUT2D eigenvalue weighted by molar-refractivity contribution is 5.82. The maximum absolute atomic E-state index is 12.3. The van der Waals surface area contributed by atoms with Crippen molar-refractivity contribution in [3.05, 3.63) is 41.7 Å². The minimum atomic E-state index is -0.542. The Bertz CT molecular complexity index is 617. The van der Waals surface area contributed by atoms with E-state index < -0.39 is 5.41 Å². The minimum absolute atomic E-state index is 0.0405. The van der Waals surface area contributed by atoms with Crippen LogP contribution in [-0.2, 0) is 24.8 Å². The predicted octanol–water partition coefficient (Wildman–Crippen LogP) is 1.41. The molecule has 112 valence electrons. The number of benzene rings is 1. The summed E-state index contributed by atoms with van der Waals surface area (Å²) in [6, 6.07) is 6.91. The molecule has 1 aromatic heterocycles. The number of phenolic OH excluding ortho intramolecular Hbond substituents is 1. The summed E-state index contributed by atoms with van der Waals surface area (Å²) in [5.74, 6) is 0.185. The molecule has 0 aliphatic heterocycles. The van der Waals surface area contributed by atoms with E-state index >= 15 is 0 Å². The zero-order valence-electron chi connectivity index (χ0n) is 12.5. The van der Waals surface area contributed by atoms with Crippen LogP contribution < -0.4 is 5.32 Å². The van der Waals surface area contributed by atoms with E-state index in [0.29, 0.717) is 13.0 Å². The van der Waals surface area contributed by atoms with Crippen molar-refractivity contribution >= 4 is 5.91 Å². The molecule has 21 heavy (non-hydrogen) atoms. The Labute approximate surface area is 123 Å². The summed E-state index contributed by atoms with van der Waals surface area (Å²) < 4.78 is 1.60. The lowest BCUT2D eigenvalue weighted by Crippen LogP contribution is -2.38. The number of carbonyl (C=O) groups excluding carboxylic acids is 1. The van der Waals surface area contributed by atoms with Crippen LogP contribution in [0.15, 0.2) is 30.5 Å². The first-order valence-electron chi connectivity index (χ1n) is 6.78. The van der Waals surface area contributed by atoms with Crippen LogP contribution in [-0.4, -0.2) is 26.0 Å². The number of aryl methyl sites for hydroxylation is 1. The Morgan fingerprint density at radius 3 is 2.57 bits per heavy atom. The van der Waals surface area contributed by atoms with Gasteiger partial charge in [-0.25, -0.2) is 0 Å². The van der Waals surface area contributed by atoms with Gasteiger partial charge in [0.25, 0.3) is 0 Å². The second-order valence-electron chi connectivity index (χ2n) is 5.79. The van der Waals surface area contributed by atoms with E-state index in [2.05, 4.69) is 15.6 Å². The van der Waals surface area contributed by atoms with Crippen LogP contribution in [0.3, 0.4) is 0 Å². The fraction of sp³-hybridized carbons (Fsp3) is 0.400. The summed E-state index contributed by atoms with van der Waals surface area (Å²) in [5.41, 5.74) is 1.19. The van der Waals surface area contributed by atoms with Crippen LogP contribution >= 0.6 is 0 Å². The van der Waals surface area contributed by atoms with E-state index in [1.165, 1.54) is 0 Å². The molecule has 1 heterocycles. The van der Waals surface area contributed by atoms with Gasteiger partial charge >= 0.3 is 0 Å². The Kier molecular flexibility index (Phi) is 4.26. The van der Waals surface area contributed by atoms with Gasteiger partial charge in [0.15, 0.2) is 0 Å². The first-order valence-corrected chi connectivity index (χ1v) is 6.78. The molecule has 2 rings (SSSR count). The van der Waals surface area contributed by atoms with Crippen molar-refractivity contribution in [2.45, 2.75) is 26.8 Å². The Balaban J connectivity index is 1.94. The highest BCUT2D eigenvalue weighted by atomic mass is 16.3. The summed E-state index contributed by atoms with van der Waals surface area (Å²) >= 11 is 0. The van der Waals surface area contributed by atoms with Crippen molar-refractivity contribution < 1.29 is 9.90 Å². The smallest absolute Gasteiger partial charge is 0.226 e. The topological polar surface area (TPSA) is 80.0 Å². The normalized spacial score (nSPS) is 11.4. The van der Waals surface area contributed by atoms with Crippen LogP contribution in [0.25, 0.3) is 0 Å². The number of aromatic hydroxyl groups is 1. The second kappa shape index (κ2) is 5.95. The Morgan fingerprint density at radius 2 is 2.00 bits per heavy atom. The highest BCUT2D eigenvalue weighted by Gasteiger charge is 2.27. The fourth-order valence-corrected chi connectivity index (χ4v) is 2.09. The van der Waals surface area contributed by atoms with Crippen LogP contribution in [0.5, 0.6) is 5.75 Å². The first kappa shape index (κ1) is 15.0. The standard InChI is InChI=1S/C15H20N4O2/c1-15(2,8-11-4-6-13(20)7-5-11)14(21)16-9-12-10-19(3)18-17-12/h4-7,10,20H,8-9H2,1-3H3,(H,16,21). The number of aromatic nitrogens is 3. The third-order valence-corrected chi connectivity index (χ3v) is 3.28. The van der Waals surface area contributed by atoms with Gasteiger partial charge in [-0.3, -0.25) is 9.48 Å². The molecule has 0 bridgehead atoms. The van der Waals surface area contributed by atoms with Crippen LogP contribution in [0.4, 0.5) is 0 Å². The maximum atomic E-state index is 12.3. The number of amides is 1. The van der Waals surface area contributed by atoms with Crippen molar-refractivity contribution in [3.8, 4) is 5.75 Å². The van der Waals surface area contributed by atoms with Crippen LogP contribution in [0, 0.1) is 5.41 Å². The maximum Gasteiger partial charge on any atom is 0.226 e. The highest BCUT2D eigenvalue weighted by Crippen LogP contribution is 2.23. The number of nitrogens with zero attached hydrogens (tertiary/aromatic N) is 3. The molecule has 1 aromatic carbocycles. The monoisotopic (exact) mass is 288 g/mol. The lowest BCUT2D eigenvalue weighted by atomic mass is 9.85. The number of rotatable bonds is 5. The van der Waals surface area contributed by atoms with E-state index in [0.717, 1.165) is 11.3 Å². The number of nitrogens with one attached hydrogen (secondary N) is 1. The van der Waals surface area contributed by atoms with Gasteiger partial charge in [0.05, 0.1) is 6.54 Å². The van der Waals surface area contributed by atoms with Gasteiger partial charge in [-0.1, -0.05) is 31.2 Å². The first-order chi connectivity index (χ1) is 9.87. The zero-order valence-corrected chi connectivity index (χ0v) is 12.5. The van der Waals surface area contributed by atoms with Crippen LogP contribution in [0.2, 0.25) is 0 Å². The number of hydrogen-bond donors (Lipinski definition) is 2. The number of phenols is 1. The molecule has 0 aliphatic carbocycles. The van der Waals surface area contributed by atoms with E-state index in [4.69, 9.17) is 0 Å². The third-order valence-electron chi connectivity index (χ3n) is 3.28. The van der Waals surface area contributed by atoms with E-state index in [-0.39, 0.29) is 11.7 Å². The lowest BCUT2D eigenvalue weighted by Gasteiger charge is -2.23. The minimum Gasteiger partial charge on any atom is -0.508 e. The quantitative estimate of drug-likeness (QED) is 0.871. The molecule has 1 amide bonds. The van der Waals surface area contributed by atoms with Crippen molar-refractivity contribution in [1.82, 2.24) is 20.3 Å². The average Bonchev–Trinajstić information content (AvgIpc) is 2.84. The molecule has 6 nitrogen and oxygen atoms in total. The van der Waals surface area contributed by atoms with E-state index in [1.54, 1.807) is 30.1 Å². The Morgan fingerprint density at radius 1 is 1.33 bits per heavy atom. The lowest BCUT2D eigenvalue weighted by molar-refractivity contribution is -0.129. The summed E-state index contributed by atoms with van der Waals surface area (Å²) in [7, 11) is 1.78. The molecule has 0 atom stereocenters. The molecule has 0 radical (unpaired) electrons. The fourth-order valence-electron chi connectivity index (χ4n) is 2.09. The zero-order chi connectivity index (χ0) is 15.5. The third kappa shape index (κ3) is 4.05. The summed E-state index contributed by atoms with van der Waals surface area (Å²) in [5, 5.41) is 19.9. The second-order valence-corrected chi connectivity index (χ2v) is 5.79. The molecule has 0 aliphatic rings. The number of hydrogen-bond acceptors (Lipinski definition) is 4. The number of carbonyl (C=O) groups is 1. The van der Waals surface area contributed by atoms with Gasteiger partial charge in [-0.2, -0.15) is 0 Å². The molecule has 2 N–H and O–H groups in total. The summed E-state index contributed by atoms with van der Waals surface area (Å²) in [4.78, 5) is 12.3. The van der Waals surface area contributed by atoms with Crippen molar-refractivity contribution in [2.24, 2.45) is 12.5 Å². The van der Waals surface area contributed by atoms with Crippen molar-refractivity contribution in [1.29, 1.82) is 0 Å². The molecule has 2 aromatic rings. The molecule has 6 heteroatoms. The van der Waals surface area contributed by atoms with E-state index in [1.807, 2.05) is 26.0 Å². The molecule has 0 unspecified atom stereocenters. The van der Waals surface area contributed by atoms with Gasteiger partial charge in [-0.05, 0) is 24.1 Å². The SMILES string of the molecule is Cn1cc(CNC(=O)C(C)(C)Cc2ccc(O)cc2)nn1. The van der Waals surface area contributed by atoms with E-state index in [9.17, 15) is 9.90 Å². The predicted molar refractivity (Wildman–Crippen MR) is 78.4 cm³/mol. The average molecular weight is 288 g/mol. The Hall–Kier alpha value is -2.37. The van der Waals surface area contributed by atoms with Gasteiger partial charge in [0.2, 0.25) is 5.91 Å². The summed E-state index contributed by atoms with van der Waals surface area (Å²) in [6.07, 6.45) is 2.37. The molecular weight excluding hydrogens is 268 g/mol.